The Morgan fingerprint density at radius 2 is 2.00 bits per heavy atom. The predicted octanol–water partition coefficient (Wildman–Crippen LogP) is 0.00250. The van der Waals surface area contributed by atoms with Crippen molar-refractivity contribution in [3.05, 3.63) is 18.5 Å². The van der Waals surface area contributed by atoms with Gasteiger partial charge in [0, 0.05) is 12.4 Å². The lowest BCUT2D eigenvalue weighted by atomic mass is 10.2. The van der Waals surface area contributed by atoms with Crippen molar-refractivity contribution in [2.75, 3.05) is 16.8 Å². The molecule has 1 aliphatic heterocycles. The summed E-state index contributed by atoms with van der Waals surface area (Å²) in [6, 6.07) is 0.441. The second-order valence-corrected chi connectivity index (χ2v) is 6.58. The Labute approximate surface area is 109 Å². The quantitative estimate of drug-likeness (QED) is 0.747. The molecule has 0 spiro atoms. The van der Waals surface area contributed by atoms with Crippen LogP contribution in [-0.2, 0) is 9.84 Å². The molecule has 2 atom stereocenters. The maximum absolute atomic E-state index is 11.6. The first-order valence-electron chi connectivity index (χ1n) is 5.15. The number of hydrogen-bond donors (Lipinski definition) is 2. The lowest BCUT2D eigenvalue weighted by molar-refractivity contribution is 0.249. The van der Waals surface area contributed by atoms with E-state index in [1.165, 1.54) is 12.4 Å². The van der Waals surface area contributed by atoms with Crippen molar-refractivity contribution < 1.29 is 13.2 Å². The molecule has 0 radical (unpaired) electrons. The number of anilines is 1. The van der Waals surface area contributed by atoms with E-state index in [2.05, 4.69) is 20.6 Å². The van der Waals surface area contributed by atoms with E-state index in [0.717, 1.165) is 0 Å². The van der Waals surface area contributed by atoms with E-state index in [-0.39, 0.29) is 17.5 Å². The van der Waals surface area contributed by atoms with Crippen LogP contribution in [0, 0.1) is 0 Å². The second kappa shape index (κ2) is 5.07. The van der Waals surface area contributed by atoms with Crippen molar-refractivity contribution in [1.29, 1.82) is 0 Å². The Bertz CT molecular complexity index is 536. The minimum absolute atomic E-state index is 0.124. The van der Waals surface area contributed by atoms with Crippen molar-refractivity contribution >= 4 is 33.4 Å². The van der Waals surface area contributed by atoms with Crippen LogP contribution in [0.15, 0.2) is 18.5 Å². The molecule has 98 valence electrons. The number of hydrogen-bond acceptors (Lipinski definition) is 5. The number of nitrogens with zero attached hydrogens (tertiary/aromatic N) is 2. The Hall–Kier alpha value is -1.41. The molecule has 1 aromatic heterocycles. The van der Waals surface area contributed by atoms with Crippen LogP contribution in [0.4, 0.5) is 10.7 Å². The number of carbonyl (C=O) groups excluding carboxylic acids is 1. The summed E-state index contributed by atoms with van der Waals surface area (Å²) in [6.45, 7) is 0. The fourth-order valence-electron chi connectivity index (χ4n) is 1.61. The lowest BCUT2D eigenvalue weighted by Crippen LogP contribution is -2.43. The molecule has 2 N–H and O–H groups in total. The van der Waals surface area contributed by atoms with Gasteiger partial charge in [-0.15, -0.1) is 11.6 Å². The predicted molar refractivity (Wildman–Crippen MR) is 66.3 cm³/mol. The molecule has 0 saturated carbocycles. The minimum Gasteiger partial charge on any atom is -0.333 e. The molecule has 1 saturated heterocycles. The van der Waals surface area contributed by atoms with Gasteiger partial charge < -0.3 is 5.32 Å². The van der Waals surface area contributed by atoms with E-state index in [9.17, 15) is 13.2 Å². The van der Waals surface area contributed by atoms with E-state index in [4.69, 9.17) is 11.6 Å². The number of carbonyl (C=O) groups is 1. The van der Waals surface area contributed by atoms with Gasteiger partial charge in [0.1, 0.15) is 0 Å². The third-order valence-corrected chi connectivity index (χ3v) is 4.77. The maximum atomic E-state index is 11.6. The summed E-state index contributed by atoms with van der Waals surface area (Å²) in [7, 11) is -3.17. The number of amides is 2. The molecule has 0 unspecified atom stereocenters. The number of alkyl halides is 1. The van der Waals surface area contributed by atoms with Gasteiger partial charge in [-0.05, 0) is 6.07 Å². The Balaban J connectivity index is 1.93. The van der Waals surface area contributed by atoms with Crippen molar-refractivity contribution in [1.82, 2.24) is 15.3 Å². The molecule has 2 amide bonds. The minimum atomic E-state index is -3.17. The van der Waals surface area contributed by atoms with Gasteiger partial charge in [-0.2, -0.15) is 0 Å². The monoisotopic (exact) mass is 290 g/mol. The number of aromatic nitrogens is 2. The summed E-state index contributed by atoms with van der Waals surface area (Å²) in [4.78, 5) is 19.2. The molecule has 0 bridgehead atoms. The average Bonchev–Trinajstić information content (AvgIpc) is 2.53. The van der Waals surface area contributed by atoms with Crippen LogP contribution < -0.4 is 10.6 Å². The van der Waals surface area contributed by atoms with Crippen molar-refractivity contribution in [2.45, 2.75) is 11.4 Å². The molecule has 7 nitrogen and oxygen atoms in total. The maximum Gasteiger partial charge on any atom is 0.321 e. The smallest absolute Gasteiger partial charge is 0.321 e. The molecule has 9 heteroatoms. The van der Waals surface area contributed by atoms with Gasteiger partial charge in [0.15, 0.2) is 9.84 Å². The first-order chi connectivity index (χ1) is 8.46. The lowest BCUT2D eigenvalue weighted by Gasteiger charge is -2.14. The molecule has 1 fully saturated rings. The molecular formula is C9H11ClN4O3S. The van der Waals surface area contributed by atoms with Gasteiger partial charge in [0.25, 0.3) is 0 Å². The summed E-state index contributed by atoms with van der Waals surface area (Å²) in [6.07, 6.45) is 2.96. The zero-order valence-corrected chi connectivity index (χ0v) is 10.8. The summed E-state index contributed by atoms with van der Waals surface area (Å²) in [5.74, 6) is -0.132. The van der Waals surface area contributed by atoms with Gasteiger partial charge >= 0.3 is 6.03 Å². The summed E-state index contributed by atoms with van der Waals surface area (Å²) < 4.78 is 22.6. The number of nitrogens with one attached hydrogen (secondary N) is 2. The molecule has 18 heavy (non-hydrogen) atoms. The molecule has 0 aromatic carbocycles. The third kappa shape index (κ3) is 3.30. The number of halogens is 1. The molecule has 1 aromatic rings. The first kappa shape index (κ1) is 13.0. The molecular weight excluding hydrogens is 280 g/mol. The average molecular weight is 291 g/mol. The zero-order chi connectivity index (χ0) is 13.2. The Morgan fingerprint density at radius 1 is 1.33 bits per heavy atom. The molecule has 0 aliphatic carbocycles. The van der Waals surface area contributed by atoms with Crippen LogP contribution in [-0.4, -0.2) is 47.3 Å². The standard InChI is InChI=1S/C9H11ClN4O3S/c10-6-4-18(16,17)5-7(6)13-9(15)14-8-11-2-1-3-12-8/h1-3,6-7H,4-5H2,(H2,11,12,13,14,15)/t6-,7-/m1/s1. The Morgan fingerprint density at radius 3 is 2.56 bits per heavy atom. The SMILES string of the molecule is O=C(Nc1ncccn1)N[C@@H]1CS(=O)(=O)C[C@H]1Cl. The van der Waals surface area contributed by atoms with Crippen molar-refractivity contribution in [3.63, 3.8) is 0 Å². The number of urea groups is 1. The van der Waals surface area contributed by atoms with Crippen LogP contribution in [0.5, 0.6) is 0 Å². The third-order valence-electron chi connectivity index (χ3n) is 2.39. The Kier molecular flexibility index (Phi) is 3.67. The molecule has 2 rings (SSSR count). The summed E-state index contributed by atoms with van der Waals surface area (Å²) in [5, 5.41) is 4.27. The highest BCUT2D eigenvalue weighted by Gasteiger charge is 2.37. The second-order valence-electron chi connectivity index (χ2n) is 3.87. The van der Waals surface area contributed by atoms with Crippen LogP contribution in [0.25, 0.3) is 0 Å². The van der Waals surface area contributed by atoms with Gasteiger partial charge in [0.05, 0.1) is 22.9 Å². The van der Waals surface area contributed by atoms with Gasteiger partial charge in [-0.3, -0.25) is 5.32 Å². The van der Waals surface area contributed by atoms with Crippen LogP contribution >= 0.6 is 11.6 Å². The molecule has 2 heterocycles. The van der Waals surface area contributed by atoms with Crippen molar-refractivity contribution in [2.24, 2.45) is 0 Å². The van der Waals surface area contributed by atoms with E-state index in [0.29, 0.717) is 0 Å². The van der Waals surface area contributed by atoms with Gasteiger partial charge in [-0.1, -0.05) is 0 Å². The highest BCUT2D eigenvalue weighted by atomic mass is 35.5. The van der Waals surface area contributed by atoms with E-state index >= 15 is 0 Å². The van der Waals surface area contributed by atoms with E-state index in [1.807, 2.05) is 0 Å². The highest BCUT2D eigenvalue weighted by molar-refractivity contribution is 7.91. The van der Waals surface area contributed by atoms with E-state index < -0.39 is 27.3 Å². The van der Waals surface area contributed by atoms with Gasteiger partial charge in [0.2, 0.25) is 5.95 Å². The first-order valence-corrected chi connectivity index (χ1v) is 7.41. The fraction of sp³-hybridized carbons (Fsp3) is 0.444. The van der Waals surface area contributed by atoms with Crippen LogP contribution in [0.3, 0.4) is 0 Å². The topological polar surface area (TPSA) is 101 Å². The highest BCUT2D eigenvalue weighted by Crippen LogP contribution is 2.17. The van der Waals surface area contributed by atoms with E-state index in [1.54, 1.807) is 6.07 Å². The van der Waals surface area contributed by atoms with Crippen molar-refractivity contribution in [3.8, 4) is 0 Å². The normalized spacial score (nSPS) is 25.6. The van der Waals surface area contributed by atoms with Crippen LogP contribution in [0.2, 0.25) is 0 Å². The number of sulfone groups is 1. The number of rotatable bonds is 2. The summed E-state index contributed by atoms with van der Waals surface area (Å²) in [5.41, 5.74) is 0. The molecule has 1 aliphatic rings. The van der Waals surface area contributed by atoms with Gasteiger partial charge in [-0.25, -0.2) is 23.2 Å². The fourth-order valence-corrected chi connectivity index (χ4v) is 4.16. The van der Waals surface area contributed by atoms with Crippen LogP contribution in [0.1, 0.15) is 0 Å². The zero-order valence-electron chi connectivity index (χ0n) is 9.21. The summed E-state index contributed by atoms with van der Waals surface area (Å²) >= 11 is 5.86. The largest absolute Gasteiger partial charge is 0.333 e.